The van der Waals surface area contributed by atoms with E-state index in [-0.39, 0.29) is 22.9 Å². The van der Waals surface area contributed by atoms with Crippen molar-refractivity contribution in [1.82, 2.24) is 10.2 Å². The standard InChI is InChI=1S/C22H22N2O3S/c25-20(17-11-16-3-1-2-4-18(16)27-21(17)26)24(13-15-5-10-28-14-15)19-12-22(19)6-8-23-9-7-22/h1-5,10-11,14,19,23H,6-9,12-13H2. The average Bonchev–Trinajstić information content (AvgIpc) is 3.14. The molecule has 1 saturated heterocycles. The summed E-state index contributed by atoms with van der Waals surface area (Å²) < 4.78 is 5.43. The van der Waals surface area contributed by atoms with Crippen LogP contribution in [0.3, 0.4) is 0 Å². The maximum Gasteiger partial charge on any atom is 0.349 e. The molecule has 1 aromatic carbocycles. The molecule has 1 saturated carbocycles. The number of thiophene rings is 1. The van der Waals surface area contributed by atoms with E-state index in [1.165, 1.54) is 0 Å². The number of hydrogen-bond acceptors (Lipinski definition) is 5. The lowest BCUT2D eigenvalue weighted by molar-refractivity contribution is 0.0688. The number of hydrogen-bond donors (Lipinski definition) is 1. The molecule has 5 rings (SSSR count). The predicted molar refractivity (Wildman–Crippen MR) is 110 cm³/mol. The maximum atomic E-state index is 13.5. The van der Waals surface area contributed by atoms with E-state index < -0.39 is 5.63 Å². The van der Waals surface area contributed by atoms with Crippen molar-refractivity contribution in [3.63, 3.8) is 0 Å². The lowest BCUT2D eigenvalue weighted by Gasteiger charge is -2.29. The first-order valence-electron chi connectivity index (χ1n) is 9.72. The van der Waals surface area contributed by atoms with Crippen molar-refractivity contribution in [3.8, 4) is 0 Å². The second kappa shape index (κ2) is 6.87. The lowest BCUT2D eigenvalue weighted by atomic mass is 9.93. The van der Waals surface area contributed by atoms with Gasteiger partial charge in [-0.05, 0) is 72.3 Å². The molecule has 6 heteroatoms. The van der Waals surface area contributed by atoms with Crippen LogP contribution in [0.4, 0.5) is 0 Å². The third kappa shape index (κ3) is 3.06. The molecule has 1 atom stereocenters. The highest BCUT2D eigenvalue weighted by atomic mass is 32.1. The van der Waals surface area contributed by atoms with Crippen LogP contribution >= 0.6 is 11.3 Å². The van der Waals surface area contributed by atoms with Crippen LogP contribution < -0.4 is 10.9 Å². The zero-order valence-electron chi connectivity index (χ0n) is 15.5. The smallest absolute Gasteiger partial charge is 0.349 e. The van der Waals surface area contributed by atoms with Gasteiger partial charge in [-0.25, -0.2) is 4.79 Å². The summed E-state index contributed by atoms with van der Waals surface area (Å²) in [6, 6.07) is 11.2. The molecule has 1 aliphatic heterocycles. The monoisotopic (exact) mass is 394 g/mol. The molecule has 144 valence electrons. The third-order valence-electron chi connectivity index (χ3n) is 6.19. The summed E-state index contributed by atoms with van der Waals surface area (Å²) in [5, 5.41) is 8.27. The Labute approximate surface area is 167 Å². The van der Waals surface area contributed by atoms with Gasteiger partial charge in [0.15, 0.2) is 0 Å². The van der Waals surface area contributed by atoms with Gasteiger partial charge in [0.05, 0.1) is 0 Å². The summed E-state index contributed by atoms with van der Waals surface area (Å²) in [5.74, 6) is -0.217. The summed E-state index contributed by atoms with van der Waals surface area (Å²) in [7, 11) is 0. The predicted octanol–water partition coefficient (Wildman–Crippen LogP) is 3.64. The molecule has 5 nitrogen and oxygen atoms in total. The number of fused-ring (bicyclic) bond motifs is 1. The molecule has 1 spiro atoms. The quantitative estimate of drug-likeness (QED) is 0.687. The summed E-state index contributed by atoms with van der Waals surface area (Å²) >= 11 is 1.63. The van der Waals surface area contributed by atoms with Gasteiger partial charge < -0.3 is 14.6 Å². The fourth-order valence-electron chi connectivity index (χ4n) is 4.50. The first-order valence-corrected chi connectivity index (χ1v) is 10.7. The van der Waals surface area contributed by atoms with E-state index in [0.29, 0.717) is 12.1 Å². The molecule has 1 unspecified atom stereocenters. The Balaban J connectivity index is 1.51. The van der Waals surface area contributed by atoms with E-state index in [4.69, 9.17) is 4.42 Å². The second-order valence-electron chi connectivity index (χ2n) is 7.88. The van der Waals surface area contributed by atoms with Crippen LogP contribution in [0.5, 0.6) is 0 Å². The van der Waals surface area contributed by atoms with Crippen LogP contribution in [0, 0.1) is 5.41 Å². The Morgan fingerprint density at radius 3 is 2.86 bits per heavy atom. The van der Waals surface area contributed by atoms with Gasteiger partial charge in [0.1, 0.15) is 11.1 Å². The maximum absolute atomic E-state index is 13.5. The van der Waals surface area contributed by atoms with Crippen molar-refractivity contribution in [3.05, 3.63) is 68.7 Å². The van der Waals surface area contributed by atoms with Gasteiger partial charge in [-0.2, -0.15) is 11.3 Å². The number of piperidine rings is 1. The van der Waals surface area contributed by atoms with Crippen LogP contribution in [0.15, 0.2) is 56.4 Å². The molecule has 1 aliphatic carbocycles. The number of carbonyl (C=O) groups is 1. The van der Waals surface area contributed by atoms with Crippen LogP contribution in [-0.4, -0.2) is 29.9 Å². The molecule has 1 N–H and O–H groups in total. The molecule has 0 radical (unpaired) electrons. The van der Waals surface area contributed by atoms with Crippen molar-refractivity contribution in [2.45, 2.75) is 31.8 Å². The van der Waals surface area contributed by atoms with Crippen LogP contribution in [0.2, 0.25) is 0 Å². The van der Waals surface area contributed by atoms with Gasteiger partial charge >= 0.3 is 5.63 Å². The molecule has 3 heterocycles. The third-order valence-corrected chi connectivity index (χ3v) is 6.92. The molecule has 0 bridgehead atoms. The lowest BCUT2D eigenvalue weighted by Crippen LogP contribution is -2.40. The topological polar surface area (TPSA) is 62.6 Å². The van der Waals surface area contributed by atoms with Gasteiger partial charge in [-0.1, -0.05) is 18.2 Å². The van der Waals surface area contributed by atoms with Crippen molar-refractivity contribution in [2.75, 3.05) is 13.1 Å². The first kappa shape index (κ1) is 17.6. The van der Waals surface area contributed by atoms with E-state index in [0.717, 1.165) is 43.3 Å². The molecule has 2 aromatic heterocycles. The highest BCUT2D eigenvalue weighted by Crippen LogP contribution is 2.56. The van der Waals surface area contributed by atoms with Gasteiger partial charge in [0.2, 0.25) is 0 Å². The number of nitrogens with zero attached hydrogens (tertiary/aromatic N) is 1. The largest absolute Gasteiger partial charge is 0.422 e. The van der Waals surface area contributed by atoms with E-state index in [1.54, 1.807) is 23.5 Å². The zero-order chi connectivity index (χ0) is 19.1. The summed E-state index contributed by atoms with van der Waals surface area (Å²) in [6.45, 7) is 2.53. The number of para-hydroxylation sites is 1. The Hall–Kier alpha value is -2.44. The number of rotatable bonds is 4. The molecular formula is C22H22N2O3S. The molecule has 3 aromatic rings. The Morgan fingerprint density at radius 2 is 2.07 bits per heavy atom. The summed E-state index contributed by atoms with van der Waals surface area (Å²) in [5.41, 5.74) is 1.40. The Morgan fingerprint density at radius 1 is 1.25 bits per heavy atom. The van der Waals surface area contributed by atoms with Crippen LogP contribution in [-0.2, 0) is 6.54 Å². The summed E-state index contributed by atoms with van der Waals surface area (Å²) in [6.07, 6.45) is 3.18. The fraction of sp³-hybridized carbons (Fsp3) is 0.364. The SMILES string of the molecule is O=C(c1cc2ccccc2oc1=O)N(Cc1ccsc1)C1CC12CCNCC2. The van der Waals surface area contributed by atoms with E-state index in [9.17, 15) is 9.59 Å². The second-order valence-corrected chi connectivity index (χ2v) is 8.66. The van der Waals surface area contributed by atoms with Crippen LogP contribution in [0.25, 0.3) is 11.0 Å². The Bertz CT molecular complexity index is 1070. The normalized spacial score (nSPS) is 20.4. The molecule has 2 fully saturated rings. The van der Waals surface area contributed by atoms with Crippen molar-refractivity contribution in [1.29, 1.82) is 0 Å². The molecule has 2 aliphatic rings. The molecule has 28 heavy (non-hydrogen) atoms. The number of carbonyl (C=O) groups excluding carboxylic acids is 1. The minimum absolute atomic E-state index is 0.130. The van der Waals surface area contributed by atoms with Crippen molar-refractivity contribution >= 4 is 28.2 Å². The van der Waals surface area contributed by atoms with Gasteiger partial charge in [0, 0.05) is 18.0 Å². The van der Waals surface area contributed by atoms with Crippen molar-refractivity contribution < 1.29 is 9.21 Å². The number of benzene rings is 1. The average molecular weight is 394 g/mol. The minimum Gasteiger partial charge on any atom is -0.422 e. The van der Waals surface area contributed by atoms with Crippen LogP contribution in [0.1, 0.15) is 35.2 Å². The minimum atomic E-state index is -0.556. The summed E-state index contributed by atoms with van der Waals surface area (Å²) in [4.78, 5) is 28.0. The molecular weight excluding hydrogens is 372 g/mol. The van der Waals surface area contributed by atoms with Gasteiger partial charge in [-0.15, -0.1) is 0 Å². The molecule has 1 amide bonds. The first-order chi connectivity index (χ1) is 13.7. The zero-order valence-corrected chi connectivity index (χ0v) is 16.3. The van der Waals surface area contributed by atoms with E-state index in [1.807, 2.05) is 34.5 Å². The number of amides is 1. The van der Waals surface area contributed by atoms with Crippen molar-refractivity contribution in [2.24, 2.45) is 5.41 Å². The van der Waals surface area contributed by atoms with Gasteiger partial charge in [-0.3, -0.25) is 4.79 Å². The van der Waals surface area contributed by atoms with E-state index in [2.05, 4.69) is 10.7 Å². The number of nitrogens with one attached hydrogen (secondary N) is 1. The van der Waals surface area contributed by atoms with Gasteiger partial charge in [0.25, 0.3) is 5.91 Å². The fourth-order valence-corrected chi connectivity index (χ4v) is 5.16. The highest BCUT2D eigenvalue weighted by Gasteiger charge is 2.58. The Kier molecular flexibility index (Phi) is 4.33. The highest BCUT2D eigenvalue weighted by molar-refractivity contribution is 7.07. The van der Waals surface area contributed by atoms with E-state index >= 15 is 0 Å².